The summed E-state index contributed by atoms with van der Waals surface area (Å²) in [5, 5.41) is 0. The highest BCUT2D eigenvalue weighted by Crippen LogP contribution is 2.33. The lowest BCUT2D eigenvalue weighted by Gasteiger charge is -2.27. The van der Waals surface area contributed by atoms with Gasteiger partial charge < -0.3 is 4.57 Å². The van der Waals surface area contributed by atoms with Crippen LogP contribution in [0.1, 0.15) is 41.1 Å². The number of para-hydroxylation sites is 1. The van der Waals surface area contributed by atoms with Crippen LogP contribution in [-0.2, 0) is 0 Å². The summed E-state index contributed by atoms with van der Waals surface area (Å²) < 4.78 is 2.10. The number of hydrogen-bond acceptors (Lipinski definition) is 2. The van der Waals surface area contributed by atoms with Gasteiger partial charge >= 0.3 is 0 Å². The van der Waals surface area contributed by atoms with E-state index in [0.29, 0.717) is 0 Å². The lowest BCUT2D eigenvalue weighted by molar-refractivity contribution is 0.0954. The van der Waals surface area contributed by atoms with E-state index in [9.17, 15) is 4.79 Å². The number of aromatic nitrogens is 1. The van der Waals surface area contributed by atoms with Crippen molar-refractivity contribution in [1.82, 2.24) is 4.57 Å². The van der Waals surface area contributed by atoms with Crippen molar-refractivity contribution >= 4 is 17.2 Å². The van der Waals surface area contributed by atoms with Crippen LogP contribution in [0.4, 0.5) is 5.69 Å². The normalized spacial score (nSPS) is 17.9. The van der Waals surface area contributed by atoms with E-state index in [1.54, 1.807) is 0 Å². The quantitative estimate of drug-likeness (QED) is 0.808. The van der Waals surface area contributed by atoms with Crippen molar-refractivity contribution in [2.75, 3.05) is 0 Å². The summed E-state index contributed by atoms with van der Waals surface area (Å²) in [5.41, 5.74) is 4.66. The Labute approximate surface area is 119 Å². The van der Waals surface area contributed by atoms with Gasteiger partial charge in [-0.3, -0.25) is 9.79 Å². The number of benzene rings is 1. The summed E-state index contributed by atoms with van der Waals surface area (Å²) in [4.78, 5) is 17.6. The average molecular weight is 266 g/mol. The van der Waals surface area contributed by atoms with Crippen LogP contribution in [0, 0.1) is 13.8 Å². The second kappa shape index (κ2) is 4.75. The summed E-state index contributed by atoms with van der Waals surface area (Å²) in [5.74, 6) is 0.148. The maximum Gasteiger partial charge on any atom is 0.193 e. The molecule has 0 unspecified atom stereocenters. The summed E-state index contributed by atoms with van der Waals surface area (Å²) >= 11 is 0. The van der Waals surface area contributed by atoms with E-state index in [1.807, 2.05) is 38.1 Å². The Kier molecular flexibility index (Phi) is 3.05. The van der Waals surface area contributed by atoms with Crippen molar-refractivity contribution in [2.24, 2.45) is 4.99 Å². The highest BCUT2D eigenvalue weighted by molar-refractivity contribution is 6.19. The molecule has 0 fully saturated rings. The van der Waals surface area contributed by atoms with E-state index < -0.39 is 0 Å². The number of Topliss-reactive ketones (excluding diaryl/α,β-unsaturated/α-hetero) is 1. The van der Waals surface area contributed by atoms with Crippen molar-refractivity contribution in [3.05, 3.63) is 53.3 Å². The molecule has 1 aromatic heterocycles. The maximum atomic E-state index is 12.9. The summed E-state index contributed by atoms with van der Waals surface area (Å²) in [6.45, 7) is 6.13. The third-order valence-corrected chi connectivity index (χ3v) is 3.94. The minimum absolute atomic E-state index is 0.148. The SMILES string of the molecule is CCC1=Nc2ccccc2C(=O)[C@H]1n1c(C)ccc1C. The van der Waals surface area contributed by atoms with Crippen LogP contribution in [0.25, 0.3) is 0 Å². The molecule has 0 N–H and O–H groups in total. The molecule has 0 aliphatic carbocycles. The van der Waals surface area contributed by atoms with E-state index >= 15 is 0 Å². The Morgan fingerprint density at radius 1 is 1.10 bits per heavy atom. The molecule has 1 aromatic carbocycles. The zero-order chi connectivity index (χ0) is 14.3. The van der Waals surface area contributed by atoms with Gasteiger partial charge in [0.15, 0.2) is 5.78 Å². The molecule has 20 heavy (non-hydrogen) atoms. The van der Waals surface area contributed by atoms with Crippen LogP contribution < -0.4 is 0 Å². The highest BCUT2D eigenvalue weighted by Gasteiger charge is 2.32. The van der Waals surface area contributed by atoms with Crippen LogP contribution in [0.3, 0.4) is 0 Å². The topological polar surface area (TPSA) is 34.4 Å². The Bertz CT molecular complexity index is 690. The molecule has 2 heterocycles. The minimum atomic E-state index is -0.287. The van der Waals surface area contributed by atoms with Gasteiger partial charge in [0.05, 0.1) is 5.69 Å². The van der Waals surface area contributed by atoms with Crippen LogP contribution in [0.2, 0.25) is 0 Å². The Morgan fingerprint density at radius 3 is 2.40 bits per heavy atom. The first-order valence-corrected chi connectivity index (χ1v) is 6.98. The molecule has 0 radical (unpaired) electrons. The third-order valence-electron chi connectivity index (χ3n) is 3.94. The predicted molar refractivity (Wildman–Crippen MR) is 81.1 cm³/mol. The Balaban J connectivity index is 2.20. The maximum absolute atomic E-state index is 12.9. The summed E-state index contributed by atoms with van der Waals surface area (Å²) in [7, 11) is 0. The van der Waals surface area contributed by atoms with Gasteiger partial charge in [0, 0.05) is 22.7 Å². The Hall–Kier alpha value is -2.16. The lowest BCUT2D eigenvalue weighted by atomic mass is 9.93. The number of nitrogens with zero attached hydrogens (tertiary/aromatic N) is 2. The smallest absolute Gasteiger partial charge is 0.193 e. The molecule has 0 saturated heterocycles. The van der Waals surface area contributed by atoms with Crippen molar-refractivity contribution in [2.45, 2.75) is 33.2 Å². The number of fused-ring (bicyclic) bond motifs is 1. The molecular weight excluding hydrogens is 248 g/mol. The summed E-state index contributed by atoms with van der Waals surface area (Å²) in [6, 6.07) is 11.4. The third kappa shape index (κ3) is 1.82. The van der Waals surface area contributed by atoms with Gasteiger partial charge in [0.1, 0.15) is 6.04 Å². The molecule has 1 aliphatic heterocycles. The molecule has 0 spiro atoms. The van der Waals surface area contributed by atoms with Gasteiger partial charge in [0.2, 0.25) is 0 Å². The minimum Gasteiger partial charge on any atom is -0.333 e. The standard InChI is InChI=1S/C17H18N2O/c1-4-14-16(19-11(2)9-10-12(19)3)17(20)13-7-5-6-8-15(13)18-14/h5-10,16H,4H2,1-3H3/t16-/m0/s1. The van der Waals surface area contributed by atoms with Crippen molar-refractivity contribution in [3.63, 3.8) is 0 Å². The van der Waals surface area contributed by atoms with Crippen molar-refractivity contribution in [1.29, 1.82) is 0 Å². The fourth-order valence-corrected chi connectivity index (χ4v) is 2.92. The molecule has 3 heteroatoms. The van der Waals surface area contributed by atoms with E-state index in [2.05, 4.69) is 23.6 Å². The molecule has 3 nitrogen and oxygen atoms in total. The van der Waals surface area contributed by atoms with Crippen LogP contribution in [0.5, 0.6) is 0 Å². The van der Waals surface area contributed by atoms with Crippen molar-refractivity contribution < 1.29 is 4.79 Å². The monoisotopic (exact) mass is 266 g/mol. The molecule has 3 rings (SSSR count). The molecule has 2 aromatic rings. The first kappa shape index (κ1) is 12.9. The zero-order valence-electron chi connectivity index (χ0n) is 12.1. The number of aliphatic imine (C=N–C) groups is 1. The molecule has 102 valence electrons. The van der Waals surface area contributed by atoms with Gasteiger partial charge in [-0.25, -0.2) is 0 Å². The van der Waals surface area contributed by atoms with Gasteiger partial charge in [-0.15, -0.1) is 0 Å². The fourth-order valence-electron chi connectivity index (χ4n) is 2.92. The molecular formula is C17H18N2O. The highest BCUT2D eigenvalue weighted by atomic mass is 16.1. The first-order valence-electron chi connectivity index (χ1n) is 6.98. The number of aryl methyl sites for hydroxylation is 2. The van der Waals surface area contributed by atoms with Gasteiger partial charge in [-0.2, -0.15) is 0 Å². The van der Waals surface area contributed by atoms with E-state index in [1.165, 1.54) is 0 Å². The van der Waals surface area contributed by atoms with Crippen LogP contribution >= 0.6 is 0 Å². The second-order valence-corrected chi connectivity index (χ2v) is 5.23. The fraction of sp³-hybridized carbons (Fsp3) is 0.294. The Morgan fingerprint density at radius 2 is 1.75 bits per heavy atom. The van der Waals surface area contributed by atoms with E-state index in [-0.39, 0.29) is 11.8 Å². The van der Waals surface area contributed by atoms with Crippen LogP contribution in [-0.4, -0.2) is 16.1 Å². The van der Waals surface area contributed by atoms with E-state index in [0.717, 1.165) is 34.8 Å². The largest absolute Gasteiger partial charge is 0.333 e. The van der Waals surface area contributed by atoms with Gasteiger partial charge in [-0.05, 0) is 44.5 Å². The number of rotatable bonds is 2. The zero-order valence-corrected chi connectivity index (χ0v) is 12.1. The van der Waals surface area contributed by atoms with Gasteiger partial charge in [-0.1, -0.05) is 19.1 Å². The molecule has 0 saturated carbocycles. The molecule has 1 atom stereocenters. The molecule has 0 bridgehead atoms. The van der Waals surface area contributed by atoms with Crippen molar-refractivity contribution in [3.8, 4) is 0 Å². The molecule has 1 aliphatic rings. The number of hydrogen-bond donors (Lipinski definition) is 0. The number of ketones is 1. The van der Waals surface area contributed by atoms with Crippen LogP contribution in [0.15, 0.2) is 41.4 Å². The lowest BCUT2D eigenvalue weighted by Crippen LogP contribution is -2.31. The first-order chi connectivity index (χ1) is 9.63. The average Bonchev–Trinajstić information content (AvgIpc) is 2.78. The number of carbonyl (C=O) groups excluding carboxylic acids is 1. The van der Waals surface area contributed by atoms with Gasteiger partial charge in [0.25, 0.3) is 0 Å². The predicted octanol–water partition coefficient (Wildman–Crippen LogP) is 4.03. The molecule has 0 amide bonds. The summed E-state index contributed by atoms with van der Waals surface area (Å²) in [6.07, 6.45) is 0.780. The van der Waals surface area contributed by atoms with E-state index in [4.69, 9.17) is 4.99 Å². The second-order valence-electron chi connectivity index (χ2n) is 5.23. The number of carbonyl (C=O) groups is 1.